The van der Waals surface area contributed by atoms with Gasteiger partial charge in [0.25, 0.3) is 0 Å². The third-order valence-corrected chi connectivity index (χ3v) is 2.77. The molecule has 0 saturated carbocycles. The molecule has 0 spiro atoms. The van der Waals surface area contributed by atoms with E-state index in [0.29, 0.717) is 12.1 Å². The standard InChI is InChI=1S/C12H13F2N3/c1-7-11(6-15)16-17(2)12(7)8-3-4-9(13)10(14)5-8/h3-5H,6,15H2,1-2H3. The molecule has 0 aliphatic heterocycles. The molecule has 0 saturated heterocycles. The molecule has 0 radical (unpaired) electrons. The summed E-state index contributed by atoms with van der Waals surface area (Å²) in [6.07, 6.45) is 0. The first kappa shape index (κ1) is 11.7. The molecule has 0 atom stereocenters. The van der Waals surface area contributed by atoms with Gasteiger partial charge in [-0.2, -0.15) is 5.10 Å². The average molecular weight is 237 g/mol. The molecule has 0 aliphatic rings. The molecule has 2 rings (SSSR count). The molecule has 2 aromatic rings. The predicted octanol–water partition coefficient (Wildman–Crippen LogP) is 2.13. The van der Waals surface area contributed by atoms with Gasteiger partial charge >= 0.3 is 0 Å². The minimum absolute atomic E-state index is 0.323. The van der Waals surface area contributed by atoms with Crippen molar-refractivity contribution >= 4 is 0 Å². The number of nitrogens with zero attached hydrogens (tertiary/aromatic N) is 2. The Hall–Kier alpha value is -1.75. The number of halogens is 2. The number of nitrogens with two attached hydrogens (primary N) is 1. The van der Waals surface area contributed by atoms with Gasteiger partial charge in [0.1, 0.15) is 0 Å². The number of benzene rings is 1. The lowest BCUT2D eigenvalue weighted by Crippen LogP contribution is -1.99. The van der Waals surface area contributed by atoms with E-state index in [1.54, 1.807) is 11.7 Å². The lowest BCUT2D eigenvalue weighted by Gasteiger charge is -2.04. The predicted molar refractivity (Wildman–Crippen MR) is 61.2 cm³/mol. The van der Waals surface area contributed by atoms with E-state index in [2.05, 4.69) is 5.10 Å². The van der Waals surface area contributed by atoms with Crippen LogP contribution in [0.3, 0.4) is 0 Å². The van der Waals surface area contributed by atoms with Gasteiger partial charge in [-0.1, -0.05) is 0 Å². The van der Waals surface area contributed by atoms with E-state index >= 15 is 0 Å². The Balaban J connectivity index is 2.60. The molecule has 5 heteroatoms. The highest BCUT2D eigenvalue weighted by Gasteiger charge is 2.14. The van der Waals surface area contributed by atoms with E-state index in [-0.39, 0.29) is 0 Å². The summed E-state index contributed by atoms with van der Waals surface area (Å²) in [6.45, 7) is 2.19. The number of hydrogen-bond donors (Lipinski definition) is 1. The average Bonchev–Trinajstić information content (AvgIpc) is 2.58. The highest BCUT2D eigenvalue weighted by molar-refractivity contribution is 5.64. The Morgan fingerprint density at radius 1 is 1.29 bits per heavy atom. The Bertz CT molecular complexity index is 561. The van der Waals surface area contributed by atoms with Crippen LogP contribution in [0.5, 0.6) is 0 Å². The van der Waals surface area contributed by atoms with E-state index in [1.807, 2.05) is 6.92 Å². The molecule has 1 aromatic heterocycles. The number of rotatable bonds is 2. The molecule has 90 valence electrons. The van der Waals surface area contributed by atoms with Crippen LogP contribution in [0.25, 0.3) is 11.3 Å². The van der Waals surface area contributed by atoms with Gasteiger partial charge in [-0.05, 0) is 30.7 Å². The normalized spacial score (nSPS) is 10.9. The molecule has 1 heterocycles. The third kappa shape index (κ3) is 1.93. The summed E-state index contributed by atoms with van der Waals surface area (Å²) in [4.78, 5) is 0. The molecule has 0 bridgehead atoms. The van der Waals surface area contributed by atoms with Crippen LogP contribution in [-0.4, -0.2) is 9.78 Å². The maximum Gasteiger partial charge on any atom is 0.159 e. The van der Waals surface area contributed by atoms with E-state index in [1.165, 1.54) is 12.1 Å². The van der Waals surface area contributed by atoms with Crippen LogP contribution in [0.4, 0.5) is 8.78 Å². The van der Waals surface area contributed by atoms with Crippen LogP contribution >= 0.6 is 0 Å². The largest absolute Gasteiger partial charge is 0.325 e. The topological polar surface area (TPSA) is 43.8 Å². The summed E-state index contributed by atoms with van der Waals surface area (Å²) in [5.41, 5.74) is 8.55. The molecule has 3 nitrogen and oxygen atoms in total. The second-order valence-electron chi connectivity index (χ2n) is 3.88. The van der Waals surface area contributed by atoms with Crippen LogP contribution < -0.4 is 5.73 Å². The number of hydrogen-bond acceptors (Lipinski definition) is 2. The quantitative estimate of drug-likeness (QED) is 0.869. The van der Waals surface area contributed by atoms with Crippen molar-refractivity contribution in [2.24, 2.45) is 12.8 Å². The van der Waals surface area contributed by atoms with Crippen molar-refractivity contribution in [1.29, 1.82) is 0 Å². The fourth-order valence-electron chi connectivity index (χ4n) is 1.93. The molecular weight excluding hydrogens is 224 g/mol. The van der Waals surface area contributed by atoms with E-state index in [4.69, 9.17) is 5.73 Å². The molecule has 17 heavy (non-hydrogen) atoms. The van der Waals surface area contributed by atoms with Gasteiger partial charge in [0.15, 0.2) is 11.6 Å². The van der Waals surface area contributed by atoms with Crippen LogP contribution in [0, 0.1) is 18.6 Å². The summed E-state index contributed by atoms with van der Waals surface area (Å²) < 4.78 is 27.7. The zero-order chi connectivity index (χ0) is 12.6. The summed E-state index contributed by atoms with van der Waals surface area (Å²) in [7, 11) is 1.75. The van der Waals surface area contributed by atoms with E-state index < -0.39 is 11.6 Å². The van der Waals surface area contributed by atoms with Crippen molar-refractivity contribution in [3.8, 4) is 11.3 Å². The lowest BCUT2D eigenvalue weighted by atomic mass is 10.1. The van der Waals surface area contributed by atoms with Crippen molar-refractivity contribution < 1.29 is 8.78 Å². The first-order valence-electron chi connectivity index (χ1n) is 5.22. The highest BCUT2D eigenvalue weighted by atomic mass is 19.2. The van der Waals surface area contributed by atoms with Crippen molar-refractivity contribution in [2.45, 2.75) is 13.5 Å². The first-order valence-corrected chi connectivity index (χ1v) is 5.22. The summed E-state index contributed by atoms with van der Waals surface area (Å²) in [5.74, 6) is -1.72. The van der Waals surface area contributed by atoms with E-state index in [9.17, 15) is 8.78 Å². The van der Waals surface area contributed by atoms with Crippen molar-refractivity contribution in [3.63, 3.8) is 0 Å². The molecule has 0 aliphatic carbocycles. The smallest absolute Gasteiger partial charge is 0.159 e. The Morgan fingerprint density at radius 2 is 2.00 bits per heavy atom. The number of aromatic nitrogens is 2. The van der Waals surface area contributed by atoms with Crippen molar-refractivity contribution in [2.75, 3.05) is 0 Å². The Morgan fingerprint density at radius 3 is 2.53 bits per heavy atom. The monoisotopic (exact) mass is 237 g/mol. The molecule has 0 unspecified atom stereocenters. The third-order valence-electron chi connectivity index (χ3n) is 2.77. The zero-order valence-electron chi connectivity index (χ0n) is 9.67. The first-order chi connectivity index (χ1) is 8.04. The second kappa shape index (κ2) is 4.25. The van der Waals surface area contributed by atoms with Gasteiger partial charge in [-0.15, -0.1) is 0 Å². The summed E-state index contributed by atoms with van der Waals surface area (Å²) in [6, 6.07) is 3.81. The van der Waals surface area contributed by atoms with E-state index in [0.717, 1.165) is 23.0 Å². The SMILES string of the molecule is Cc1c(CN)nn(C)c1-c1ccc(F)c(F)c1. The van der Waals surface area contributed by atoms with Crippen LogP contribution in [-0.2, 0) is 13.6 Å². The molecule has 2 N–H and O–H groups in total. The second-order valence-corrected chi connectivity index (χ2v) is 3.88. The summed E-state index contributed by atoms with van der Waals surface area (Å²) in [5, 5.41) is 4.23. The minimum Gasteiger partial charge on any atom is -0.325 e. The Labute approximate surface area is 97.9 Å². The maximum atomic E-state index is 13.2. The fourth-order valence-corrected chi connectivity index (χ4v) is 1.93. The van der Waals surface area contributed by atoms with Gasteiger partial charge in [0.2, 0.25) is 0 Å². The van der Waals surface area contributed by atoms with Gasteiger partial charge in [-0.25, -0.2) is 8.78 Å². The Kier molecular flexibility index (Phi) is 2.93. The van der Waals surface area contributed by atoms with Crippen LogP contribution in [0.1, 0.15) is 11.3 Å². The van der Waals surface area contributed by atoms with Gasteiger partial charge in [0.05, 0.1) is 11.4 Å². The maximum absolute atomic E-state index is 13.2. The molecular formula is C12H13F2N3. The molecule has 1 aromatic carbocycles. The lowest BCUT2D eigenvalue weighted by molar-refractivity contribution is 0.509. The summed E-state index contributed by atoms with van der Waals surface area (Å²) >= 11 is 0. The minimum atomic E-state index is -0.864. The molecule has 0 fully saturated rings. The van der Waals surface area contributed by atoms with Crippen molar-refractivity contribution in [3.05, 3.63) is 41.1 Å². The van der Waals surface area contributed by atoms with Gasteiger partial charge in [0, 0.05) is 19.2 Å². The highest BCUT2D eigenvalue weighted by Crippen LogP contribution is 2.26. The molecule has 0 amide bonds. The van der Waals surface area contributed by atoms with Crippen LogP contribution in [0.2, 0.25) is 0 Å². The fraction of sp³-hybridized carbons (Fsp3) is 0.250. The van der Waals surface area contributed by atoms with Crippen molar-refractivity contribution in [1.82, 2.24) is 9.78 Å². The van der Waals surface area contributed by atoms with Gasteiger partial charge < -0.3 is 5.73 Å². The van der Waals surface area contributed by atoms with Gasteiger partial charge in [-0.3, -0.25) is 4.68 Å². The van der Waals surface area contributed by atoms with Crippen LogP contribution in [0.15, 0.2) is 18.2 Å². The zero-order valence-corrected chi connectivity index (χ0v) is 9.67. The number of aryl methyl sites for hydroxylation is 1.